The molecule has 2 rings (SSSR count). The number of rotatable bonds is 5. The van der Waals surface area contributed by atoms with Crippen molar-refractivity contribution in [3.05, 3.63) is 90.5 Å². The van der Waals surface area contributed by atoms with E-state index >= 15 is 0 Å². The van der Waals surface area contributed by atoms with Crippen molar-refractivity contribution in [3.63, 3.8) is 0 Å². The van der Waals surface area contributed by atoms with Gasteiger partial charge in [-0.25, -0.2) is 0 Å². The van der Waals surface area contributed by atoms with Crippen molar-refractivity contribution in [2.45, 2.75) is 20.3 Å². The van der Waals surface area contributed by atoms with Crippen LogP contribution in [0.25, 0.3) is 16.7 Å². The van der Waals surface area contributed by atoms with Crippen molar-refractivity contribution >= 4 is 5.57 Å². The van der Waals surface area contributed by atoms with Gasteiger partial charge in [0, 0.05) is 0 Å². The first-order chi connectivity index (χ1) is 10.3. The second-order valence-corrected chi connectivity index (χ2v) is 4.90. The molecule has 0 spiro atoms. The molecule has 0 N–H and O–H groups in total. The van der Waals surface area contributed by atoms with Crippen LogP contribution in [-0.2, 0) is 0 Å². The van der Waals surface area contributed by atoms with E-state index in [9.17, 15) is 0 Å². The van der Waals surface area contributed by atoms with Gasteiger partial charge in [-0.1, -0.05) is 78.9 Å². The molecule has 0 fully saturated rings. The molecular formula is C21H22. The normalized spacial score (nSPS) is 12.4. The lowest BCUT2D eigenvalue weighted by atomic mass is 9.98. The van der Waals surface area contributed by atoms with E-state index in [1.165, 1.54) is 22.3 Å². The Kier molecular flexibility index (Phi) is 5.78. The Morgan fingerprint density at radius 2 is 1.62 bits per heavy atom. The van der Waals surface area contributed by atoms with E-state index in [0.29, 0.717) is 0 Å². The monoisotopic (exact) mass is 274 g/mol. The Hall–Kier alpha value is -2.34. The highest BCUT2D eigenvalue weighted by Crippen LogP contribution is 2.24. The van der Waals surface area contributed by atoms with E-state index in [-0.39, 0.29) is 0 Å². The molecule has 0 unspecified atom stereocenters. The maximum atomic E-state index is 2.25. The van der Waals surface area contributed by atoms with Crippen LogP contribution in [0.5, 0.6) is 0 Å². The van der Waals surface area contributed by atoms with Gasteiger partial charge in [0.15, 0.2) is 0 Å². The zero-order chi connectivity index (χ0) is 14.9. The summed E-state index contributed by atoms with van der Waals surface area (Å²) >= 11 is 0. The molecule has 0 aliphatic rings. The number of allylic oxidation sites excluding steroid dienone is 6. The van der Waals surface area contributed by atoms with Crippen molar-refractivity contribution < 1.29 is 0 Å². The third kappa shape index (κ3) is 4.32. The van der Waals surface area contributed by atoms with Gasteiger partial charge in [0.2, 0.25) is 0 Å². The minimum atomic E-state index is 0.978. The molecule has 2 aromatic rings. The Labute approximate surface area is 128 Å². The third-order valence-electron chi connectivity index (χ3n) is 3.42. The number of hydrogen-bond donors (Lipinski definition) is 0. The van der Waals surface area contributed by atoms with E-state index in [1.807, 2.05) is 6.92 Å². The van der Waals surface area contributed by atoms with Gasteiger partial charge in [0.1, 0.15) is 0 Å². The maximum absolute atomic E-state index is 2.25. The molecule has 0 aromatic heterocycles. The Balaban J connectivity index is 2.25. The summed E-state index contributed by atoms with van der Waals surface area (Å²) in [4.78, 5) is 0. The summed E-state index contributed by atoms with van der Waals surface area (Å²) in [6.07, 6.45) is 11.8. The lowest BCUT2D eigenvalue weighted by Gasteiger charge is -2.06. The van der Waals surface area contributed by atoms with Crippen LogP contribution in [0.4, 0.5) is 0 Å². The molecule has 2 aromatic carbocycles. The molecule has 0 aliphatic carbocycles. The second kappa shape index (κ2) is 8.06. The van der Waals surface area contributed by atoms with Crippen molar-refractivity contribution in [2.24, 2.45) is 0 Å². The van der Waals surface area contributed by atoms with Crippen molar-refractivity contribution in [1.82, 2.24) is 0 Å². The zero-order valence-electron chi connectivity index (χ0n) is 12.8. The molecule has 0 heteroatoms. The SMILES string of the molecule is CC=CCC=CC(=CC)c1cccc(-c2ccccc2)c1. The first-order valence-corrected chi connectivity index (χ1v) is 7.45. The Morgan fingerprint density at radius 1 is 0.857 bits per heavy atom. The van der Waals surface area contributed by atoms with E-state index in [2.05, 4.69) is 91.9 Å². The van der Waals surface area contributed by atoms with E-state index in [0.717, 1.165) is 6.42 Å². The van der Waals surface area contributed by atoms with Crippen molar-refractivity contribution in [3.8, 4) is 11.1 Å². The molecule has 0 amide bonds. The maximum Gasteiger partial charge on any atom is -0.0166 e. The molecule has 0 heterocycles. The van der Waals surface area contributed by atoms with Gasteiger partial charge in [0.05, 0.1) is 0 Å². The molecule has 21 heavy (non-hydrogen) atoms. The summed E-state index contributed by atoms with van der Waals surface area (Å²) < 4.78 is 0. The smallest absolute Gasteiger partial charge is 0.0166 e. The van der Waals surface area contributed by atoms with Gasteiger partial charge in [-0.15, -0.1) is 0 Å². The highest BCUT2D eigenvalue weighted by Gasteiger charge is 2.00. The first kappa shape index (κ1) is 15.1. The fourth-order valence-corrected chi connectivity index (χ4v) is 2.28. The molecule has 0 bridgehead atoms. The first-order valence-electron chi connectivity index (χ1n) is 7.45. The van der Waals surface area contributed by atoms with Gasteiger partial charge < -0.3 is 0 Å². The van der Waals surface area contributed by atoms with Gasteiger partial charge in [-0.05, 0) is 48.6 Å². The van der Waals surface area contributed by atoms with Crippen molar-refractivity contribution in [1.29, 1.82) is 0 Å². The quantitative estimate of drug-likeness (QED) is 0.444. The summed E-state index contributed by atoms with van der Waals surface area (Å²) in [5, 5.41) is 0. The minimum absolute atomic E-state index is 0.978. The fourth-order valence-electron chi connectivity index (χ4n) is 2.28. The zero-order valence-corrected chi connectivity index (χ0v) is 12.8. The van der Waals surface area contributed by atoms with Crippen molar-refractivity contribution in [2.75, 3.05) is 0 Å². The molecule has 0 nitrogen and oxygen atoms in total. The van der Waals surface area contributed by atoms with Crippen LogP contribution in [0.15, 0.2) is 85.0 Å². The van der Waals surface area contributed by atoms with Crippen LogP contribution < -0.4 is 0 Å². The lowest BCUT2D eigenvalue weighted by molar-refractivity contribution is 1.38. The van der Waals surface area contributed by atoms with Crippen LogP contribution in [0.2, 0.25) is 0 Å². The molecule has 0 radical (unpaired) electrons. The predicted molar refractivity (Wildman–Crippen MR) is 94.1 cm³/mol. The average molecular weight is 274 g/mol. The molecule has 0 atom stereocenters. The highest BCUT2D eigenvalue weighted by atomic mass is 14.1. The summed E-state index contributed by atoms with van der Waals surface area (Å²) in [5.74, 6) is 0. The molecule has 0 saturated carbocycles. The van der Waals surface area contributed by atoms with E-state index in [4.69, 9.17) is 0 Å². The number of benzene rings is 2. The van der Waals surface area contributed by atoms with Crippen LogP contribution >= 0.6 is 0 Å². The number of hydrogen-bond acceptors (Lipinski definition) is 0. The summed E-state index contributed by atoms with van der Waals surface area (Å²) in [6.45, 7) is 4.14. The van der Waals surface area contributed by atoms with E-state index < -0.39 is 0 Å². The lowest BCUT2D eigenvalue weighted by Crippen LogP contribution is -1.83. The topological polar surface area (TPSA) is 0 Å². The van der Waals surface area contributed by atoms with Crippen LogP contribution in [-0.4, -0.2) is 0 Å². The van der Waals surface area contributed by atoms with Crippen LogP contribution in [0.1, 0.15) is 25.8 Å². The fraction of sp³-hybridized carbons (Fsp3) is 0.143. The largest absolute Gasteiger partial charge is 0.0914 e. The van der Waals surface area contributed by atoms with E-state index in [1.54, 1.807) is 0 Å². The minimum Gasteiger partial charge on any atom is -0.0914 e. The molecular weight excluding hydrogens is 252 g/mol. The highest BCUT2D eigenvalue weighted by molar-refractivity contribution is 5.77. The Morgan fingerprint density at radius 3 is 2.33 bits per heavy atom. The summed E-state index contributed by atoms with van der Waals surface area (Å²) in [7, 11) is 0. The van der Waals surface area contributed by atoms with Gasteiger partial charge in [0.25, 0.3) is 0 Å². The predicted octanol–water partition coefficient (Wildman–Crippen LogP) is 6.28. The average Bonchev–Trinajstić information content (AvgIpc) is 2.56. The molecule has 0 aliphatic heterocycles. The summed E-state index contributed by atoms with van der Waals surface area (Å²) in [6, 6.07) is 19.2. The van der Waals surface area contributed by atoms with Gasteiger partial charge in [-0.2, -0.15) is 0 Å². The van der Waals surface area contributed by atoms with Gasteiger partial charge in [-0.3, -0.25) is 0 Å². The molecule has 0 saturated heterocycles. The standard InChI is InChI=1S/C21H22/c1-3-5-6-8-12-18(4-2)20-15-11-16-21(17-20)19-13-9-7-10-14-19/h3-5,7-17H,6H2,1-2H3. The van der Waals surface area contributed by atoms with Gasteiger partial charge >= 0.3 is 0 Å². The molecule has 106 valence electrons. The second-order valence-electron chi connectivity index (χ2n) is 4.90. The van der Waals surface area contributed by atoms with Crippen LogP contribution in [0.3, 0.4) is 0 Å². The Bertz CT molecular complexity index is 643. The van der Waals surface area contributed by atoms with Crippen LogP contribution in [0, 0.1) is 0 Å². The third-order valence-corrected chi connectivity index (χ3v) is 3.42. The summed E-state index contributed by atoms with van der Waals surface area (Å²) in [5.41, 5.74) is 5.04.